The zero-order valence-electron chi connectivity index (χ0n) is 23.1. The first-order chi connectivity index (χ1) is 19.5. The van der Waals surface area contributed by atoms with Crippen molar-refractivity contribution in [3.63, 3.8) is 0 Å². The molecule has 0 saturated carbocycles. The Hall–Kier alpha value is -2.72. The first-order valence-electron chi connectivity index (χ1n) is 13.6. The molecule has 40 heavy (non-hydrogen) atoms. The number of nitrogens with one attached hydrogen (secondary N) is 1. The Morgan fingerprint density at radius 3 is 1.70 bits per heavy atom. The van der Waals surface area contributed by atoms with Crippen LogP contribution in [0, 0.1) is 0 Å². The molecule has 1 fully saturated rings. The van der Waals surface area contributed by atoms with Gasteiger partial charge >= 0.3 is 5.97 Å². The molecule has 0 radical (unpaired) electrons. The average Bonchev–Trinajstić information content (AvgIpc) is 2.98. The van der Waals surface area contributed by atoms with Crippen molar-refractivity contribution in [1.82, 2.24) is 5.32 Å². The number of rotatable bonds is 15. The Morgan fingerprint density at radius 2 is 1.25 bits per heavy atom. The first-order valence-corrected chi connectivity index (χ1v) is 15.0. The molecule has 1 aliphatic rings. The Kier molecular flexibility index (Phi) is 12.0. The highest BCUT2D eigenvalue weighted by atomic mass is 32.2. The summed E-state index contributed by atoms with van der Waals surface area (Å²) in [4.78, 5) is 12.1. The second-order valence-electron chi connectivity index (χ2n) is 9.88. The first kappa shape index (κ1) is 30.2. The van der Waals surface area contributed by atoms with Crippen molar-refractivity contribution in [2.45, 2.75) is 69.9 Å². The highest BCUT2D eigenvalue weighted by Gasteiger charge is 2.47. The van der Waals surface area contributed by atoms with Gasteiger partial charge in [0.05, 0.1) is 25.9 Å². The maximum absolute atomic E-state index is 12.1. The predicted octanol–water partition coefficient (Wildman–Crippen LogP) is 5.28. The highest BCUT2D eigenvalue weighted by molar-refractivity contribution is 7.98. The molecular weight excluding hydrogens is 526 g/mol. The maximum Gasteiger partial charge on any atom is 0.320 e. The molecule has 1 aliphatic heterocycles. The fraction of sp³-hybridized carbons (Fsp3) is 0.406. The standard InChI is InChI=1S/C32H39NO6S/c1-23-28(36-20-24-12-6-3-7-13-24)29(37-21-25-14-8-4-9-15-25)30(38-22-26-16-10-5-11-17-26)31(39-23)33-27(32(34)35)18-19-40-2/h3-17,23,27-31,33H,18-22H2,1-2H3,(H,34,35)/t23-,27-,28+,29+,30-,31-/m0/s1. The summed E-state index contributed by atoms with van der Waals surface area (Å²) in [6, 6.07) is 29.0. The number of aliphatic carboxylic acids is 1. The molecule has 6 atom stereocenters. The smallest absolute Gasteiger partial charge is 0.320 e. The number of ether oxygens (including phenoxy) is 4. The van der Waals surface area contributed by atoms with Crippen molar-refractivity contribution in [3.05, 3.63) is 108 Å². The number of hydrogen-bond acceptors (Lipinski definition) is 7. The number of carboxylic acid groups (broad SMARTS) is 1. The van der Waals surface area contributed by atoms with Crippen LogP contribution in [0.2, 0.25) is 0 Å². The van der Waals surface area contributed by atoms with Gasteiger partial charge in [-0.3, -0.25) is 10.1 Å². The van der Waals surface area contributed by atoms with Crippen LogP contribution in [0.25, 0.3) is 0 Å². The predicted molar refractivity (Wildman–Crippen MR) is 157 cm³/mol. The minimum atomic E-state index is -0.920. The monoisotopic (exact) mass is 565 g/mol. The lowest BCUT2D eigenvalue weighted by Gasteiger charge is -2.46. The summed E-state index contributed by atoms with van der Waals surface area (Å²) in [6.07, 6.45) is -0.267. The molecule has 7 nitrogen and oxygen atoms in total. The molecule has 3 aromatic carbocycles. The van der Waals surface area contributed by atoms with Crippen molar-refractivity contribution >= 4 is 17.7 Å². The van der Waals surface area contributed by atoms with Crippen LogP contribution in [0.4, 0.5) is 0 Å². The van der Waals surface area contributed by atoms with Gasteiger partial charge in [-0.15, -0.1) is 0 Å². The van der Waals surface area contributed by atoms with Gasteiger partial charge < -0.3 is 24.1 Å². The van der Waals surface area contributed by atoms with Gasteiger partial charge in [0.15, 0.2) is 0 Å². The molecular formula is C32H39NO6S. The molecule has 0 bridgehead atoms. The quantitative estimate of drug-likeness (QED) is 0.257. The zero-order valence-corrected chi connectivity index (χ0v) is 23.9. The highest BCUT2D eigenvalue weighted by Crippen LogP contribution is 2.30. The number of thioether (sulfide) groups is 1. The lowest BCUT2D eigenvalue weighted by atomic mass is 9.97. The summed E-state index contributed by atoms with van der Waals surface area (Å²) in [6.45, 7) is 3.00. The molecule has 214 valence electrons. The van der Waals surface area contributed by atoms with Gasteiger partial charge in [0, 0.05) is 0 Å². The summed E-state index contributed by atoms with van der Waals surface area (Å²) in [5.41, 5.74) is 3.07. The SMILES string of the molecule is CSCC[C@H](N[C@H]1O[C@@H](C)[C@@H](OCc2ccccc2)[C@@H](OCc2ccccc2)[C@@H]1OCc1ccccc1)C(=O)O. The van der Waals surface area contributed by atoms with Crippen LogP contribution in [0.15, 0.2) is 91.0 Å². The molecule has 3 aromatic rings. The summed E-state index contributed by atoms with van der Waals surface area (Å²) < 4.78 is 26.0. The van der Waals surface area contributed by atoms with E-state index in [1.807, 2.05) is 104 Å². The molecule has 2 N–H and O–H groups in total. The van der Waals surface area contributed by atoms with Crippen LogP contribution >= 0.6 is 11.8 Å². The molecule has 1 saturated heterocycles. The van der Waals surface area contributed by atoms with Gasteiger partial charge in [-0.1, -0.05) is 91.0 Å². The number of hydrogen-bond donors (Lipinski definition) is 2. The zero-order chi connectivity index (χ0) is 28.2. The summed E-state index contributed by atoms with van der Waals surface area (Å²) in [5.74, 6) is -0.213. The third kappa shape index (κ3) is 8.89. The van der Waals surface area contributed by atoms with E-state index in [4.69, 9.17) is 18.9 Å². The van der Waals surface area contributed by atoms with Gasteiger partial charge in [0.1, 0.15) is 30.6 Å². The molecule has 4 rings (SSSR count). The largest absolute Gasteiger partial charge is 0.480 e. The van der Waals surface area contributed by atoms with E-state index < -0.39 is 36.6 Å². The normalized spacial score (nSPS) is 23.5. The van der Waals surface area contributed by atoms with E-state index in [-0.39, 0.29) is 6.10 Å². The molecule has 0 aromatic heterocycles. The van der Waals surface area contributed by atoms with Crippen LogP contribution < -0.4 is 5.32 Å². The molecule has 8 heteroatoms. The Balaban J connectivity index is 1.61. The number of carboxylic acids is 1. The van der Waals surface area contributed by atoms with Gasteiger partial charge in [-0.25, -0.2) is 0 Å². The van der Waals surface area contributed by atoms with Gasteiger partial charge in [-0.05, 0) is 42.0 Å². The molecule has 0 unspecified atom stereocenters. The third-order valence-corrected chi connectivity index (χ3v) is 7.54. The van der Waals surface area contributed by atoms with Crippen LogP contribution in [0.3, 0.4) is 0 Å². The van der Waals surface area contributed by atoms with Crippen molar-refractivity contribution in [1.29, 1.82) is 0 Å². The van der Waals surface area contributed by atoms with Crippen LogP contribution in [0.1, 0.15) is 30.0 Å². The molecule has 0 spiro atoms. The fourth-order valence-corrected chi connectivity index (χ4v) is 5.23. The number of carbonyl (C=O) groups is 1. The van der Waals surface area contributed by atoms with E-state index in [2.05, 4.69) is 5.32 Å². The van der Waals surface area contributed by atoms with Gasteiger partial charge in [0.2, 0.25) is 0 Å². The maximum atomic E-state index is 12.1. The van der Waals surface area contributed by atoms with E-state index in [1.54, 1.807) is 11.8 Å². The average molecular weight is 566 g/mol. The van der Waals surface area contributed by atoms with Crippen LogP contribution in [0.5, 0.6) is 0 Å². The summed E-state index contributed by atoms with van der Waals surface area (Å²) in [5, 5.41) is 13.2. The Labute approximate surface area is 241 Å². The van der Waals surface area contributed by atoms with Crippen molar-refractivity contribution < 1.29 is 28.8 Å². The second-order valence-corrected chi connectivity index (χ2v) is 10.9. The second kappa shape index (κ2) is 15.9. The van der Waals surface area contributed by atoms with E-state index >= 15 is 0 Å². The van der Waals surface area contributed by atoms with E-state index in [0.717, 1.165) is 16.7 Å². The number of benzene rings is 3. The minimum Gasteiger partial charge on any atom is -0.480 e. The molecule has 0 amide bonds. The Bertz CT molecular complexity index is 1140. The summed E-state index contributed by atoms with van der Waals surface area (Å²) >= 11 is 1.61. The third-order valence-electron chi connectivity index (χ3n) is 6.90. The van der Waals surface area contributed by atoms with Crippen molar-refractivity contribution in [2.75, 3.05) is 12.0 Å². The van der Waals surface area contributed by atoms with Gasteiger partial charge in [-0.2, -0.15) is 11.8 Å². The van der Waals surface area contributed by atoms with Crippen LogP contribution in [-0.2, 0) is 43.6 Å². The molecule has 1 heterocycles. The Morgan fingerprint density at radius 1 is 0.800 bits per heavy atom. The van der Waals surface area contributed by atoms with E-state index in [1.165, 1.54) is 0 Å². The topological polar surface area (TPSA) is 86.3 Å². The fourth-order valence-electron chi connectivity index (χ4n) is 4.76. The lowest BCUT2D eigenvalue weighted by Crippen LogP contribution is -2.65. The minimum absolute atomic E-state index is 0.320. The lowest BCUT2D eigenvalue weighted by molar-refractivity contribution is -0.268. The van der Waals surface area contributed by atoms with Crippen LogP contribution in [-0.4, -0.2) is 59.8 Å². The van der Waals surface area contributed by atoms with E-state index in [9.17, 15) is 9.90 Å². The summed E-state index contributed by atoms with van der Waals surface area (Å²) in [7, 11) is 0. The molecule has 0 aliphatic carbocycles. The van der Waals surface area contributed by atoms with Crippen molar-refractivity contribution in [2.24, 2.45) is 0 Å². The van der Waals surface area contributed by atoms with E-state index in [0.29, 0.717) is 32.0 Å². The van der Waals surface area contributed by atoms with Crippen molar-refractivity contribution in [3.8, 4) is 0 Å². The van der Waals surface area contributed by atoms with Gasteiger partial charge in [0.25, 0.3) is 0 Å².